The highest BCUT2D eigenvalue weighted by Crippen LogP contribution is 2.37. The maximum Gasteiger partial charge on any atom is 0.416 e. The number of urea groups is 1. The van der Waals surface area contributed by atoms with Crippen molar-refractivity contribution >= 4 is 12.0 Å². The first-order valence-corrected chi connectivity index (χ1v) is 10.1. The van der Waals surface area contributed by atoms with Gasteiger partial charge in [0.2, 0.25) is 0 Å². The Morgan fingerprint density at radius 1 is 1.06 bits per heavy atom. The van der Waals surface area contributed by atoms with E-state index in [4.69, 9.17) is 9.47 Å². The molecule has 32 heavy (non-hydrogen) atoms. The Labute approximate surface area is 185 Å². The standard InChI is InChI=1S/C23H27F3N2O4/c1-5-27-22(30)28(3)14-16-13-17(23(24,25)26)8-9-18(16)19-11-15(7-10-20(19)31-4)12-21(29)32-6-2/h7-11,13H,5-6,12,14H2,1-4H3,(H,27,30). The van der Waals surface area contributed by atoms with Crippen LogP contribution < -0.4 is 10.1 Å². The van der Waals surface area contributed by atoms with Crippen molar-refractivity contribution in [2.24, 2.45) is 0 Å². The Balaban J connectivity index is 2.57. The molecule has 0 aliphatic rings. The number of benzene rings is 2. The lowest BCUT2D eigenvalue weighted by atomic mass is 9.94. The summed E-state index contributed by atoms with van der Waals surface area (Å²) in [6.07, 6.45) is -4.52. The Kier molecular flexibility index (Phi) is 8.51. The third-order valence-corrected chi connectivity index (χ3v) is 4.72. The molecule has 174 valence electrons. The molecule has 2 rings (SSSR count). The Bertz CT molecular complexity index is 961. The summed E-state index contributed by atoms with van der Waals surface area (Å²) < 4.78 is 50.5. The van der Waals surface area contributed by atoms with E-state index < -0.39 is 23.7 Å². The highest BCUT2D eigenvalue weighted by Gasteiger charge is 2.31. The van der Waals surface area contributed by atoms with Crippen LogP contribution in [0, 0.1) is 0 Å². The van der Waals surface area contributed by atoms with Crippen LogP contribution >= 0.6 is 0 Å². The molecule has 0 aliphatic carbocycles. The topological polar surface area (TPSA) is 67.9 Å². The molecule has 6 nitrogen and oxygen atoms in total. The minimum absolute atomic E-state index is 0.0135. The van der Waals surface area contributed by atoms with Gasteiger partial charge in [0.25, 0.3) is 0 Å². The summed E-state index contributed by atoms with van der Waals surface area (Å²) in [7, 11) is 2.96. The second-order valence-electron chi connectivity index (χ2n) is 7.08. The number of hydrogen-bond donors (Lipinski definition) is 1. The van der Waals surface area contributed by atoms with Gasteiger partial charge in [-0.05, 0) is 54.8 Å². The van der Waals surface area contributed by atoms with E-state index in [1.807, 2.05) is 0 Å². The fourth-order valence-electron chi connectivity index (χ4n) is 3.23. The van der Waals surface area contributed by atoms with Gasteiger partial charge in [0.05, 0.1) is 25.7 Å². The van der Waals surface area contributed by atoms with Gasteiger partial charge in [-0.3, -0.25) is 4.79 Å². The smallest absolute Gasteiger partial charge is 0.416 e. The van der Waals surface area contributed by atoms with Crippen LogP contribution in [0.25, 0.3) is 11.1 Å². The Hall–Kier alpha value is -3.23. The third kappa shape index (κ3) is 6.38. The van der Waals surface area contributed by atoms with E-state index in [1.165, 1.54) is 25.1 Å². The number of alkyl halides is 3. The summed E-state index contributed by atoms with van der Waals surface area (Å²) in [5.41, 5.74) is 1.09. The lowest BCUT2D eigenvalue weighted by molar-refractivity contribution is -0.142. The molecule has 2 amide bonds. The summed E-state index contributed by atoms with van der Waals surface area (Å²) in [6, 6.07) is 8.01. The zero-order valence-corrected chi connectivity index (χ0v) is 18.5. The van der Waals surface area contributed by atoms with Gasteiger partial charge in [0.15, 0.2) is 0 Å². The number of carbonyl (C=O) groups is 2. The Morgan fingerprint density at radius 2 is 1.78 bits per heavy atom. The van der Waals surface area contributed by atoms with Crippen molar-refractivity contribution in [3.05, 3.63) is 53.1 Å². The first kappa shape index (κ1) is 25.0. The first-order chi connectivity index (χ1) is 15.1. The average molecular weight is 452 g/mol. The minimum atomic E-state index is -4.53. The summed E-state index contributed by atoms with van der Waals surface area (Å²) in [6.45, 7) is 4.04. The van der Waals surface area contributed by atoms with Gasteiger partial charge in [-0.15, -0.1) is 0 Å². The van der Waals surface area contributed by atoms with Crippen LogP contribution in [0.1, 0.15) is 30.5 Å². The van der Waals surface area contributed by atoms with Gasteiger partial charge in [-0.1, -0.05) is 12.1 Å². The molecule has 2 aromatic carbocycles. The van der Waals surface area contributed by atoms with Crippen LogP contribution in [-0.2, 0) is 28.7 Å². The number of esters is 1. The summed E-state index contributed by atoms with van der Waals surface area (Å²) in [4.78, 5) is 25.3. The van der Waals surface area contributed by atoms with Crippen LogP contribution in [0.5, 0.6) is 5.75 Å². The number of methoxy groups -OCH3 is 1. The van der Waals surface area contributed by atoms with Gasteiger partial charge in [0.1, 0.15) is 5.75 Å². The first-order valence-electron chi connectivity index (χ1n) is 10.1. The van der Waals surface area contributed by atoms with E-state index in [9.17, 15) is 22.8 Å². The predicted molar refractivity (Wildman–Crippen MR) is 114 cm³/mol. The second kappa shape index (κ2) is 10.9. The van der Waals surface area contributed by atoms with Crippen LogP contribution in [-0.4, -0.2) is 44.2 Å². The number of ether oxygens (including phenoxy) is 2. The molecule has 0 aliphatic heterocycles. The predicted octanol–water partition coefficient (Wildman–Crippen LogP) is 4.65. The molecular weight excluding hydrogens is 425 g/mol. The van der Waals surface area contributed by atoms with Crippen molar-refractivity contribution in [2.45, 2.75) is 33.0 Å². The maximum absolute atomic E-state index is 13.4. The van der Waals surface area contributed by atoms with E-state index in [2.05, 4.69) is 5.32 Å². The van der Waals surface area contributed by atoms with Crippen LogP contribution in [0.15, 0.2) is 36.4 Å². The molecule has 1 N–H and O–H groups in total. The monoisotopic (exact) mass is 452 g/mol. The molecular formula is C23H27F3N2O4. The van der Waals surface area contributed by atoms with Gasteiger partial charge in [-0.2, -0.15) is 13.2 Å². The third-order valence-electron chi connectivity index (χ3n) is 4.72. The number of rotatable bonds is 8. The highest BCUT2D eigenvalue weighted by atomic mass is 19.4. The number of halogens is 3. The normalized spacial score (nSPS) is 11.1. The number of hydrogen-bond acceptors (Lipinski definition) is 4. The molecule has 0 bridgehead atoms. The van der Waals surface area contributed by atoms with Crippen LogP contribution in [0.2, 0.25) is 0 Å². The van der Waals surface area contributed by atoms with Crippen molar-refractivity contribution in [2.75, 3.05) is 27.3 Å². The Morgan fingerprint density at radius 3 is 2.38 bits per heavy atom. The van der Waals surface area contributed by atoms with Gasteiger partial charge in [0, 0.05) is 25.7 Å². The van der Waals surface area contributed by atoms with Crippen molar-refractivity contribution in [3.8, 4) is 16.9 Å². The van der Waals surface area contributed by atoms with Gasteiger partial charge in [-0.25, -0.2) is 4.79 Å². The zero-order chi connectivity index (χ0) is 23.9. The molecule has 0 unspecified atom stereocenters. The largest absolute Gasteiger partial charge is 0.496 e. The molecule has 0 fully saturated rings. The van der Waals surface area contributed by atoms with E-state index in [0.29, 0.717) is 34.5 Å². The number of carbonyl (C=O) groups excluding carboxylic acids is 2. The van der Waals surface area contributed by atoms with Crippen LogP contribution in [0.4, 0.5) is 18.0 Å². The van der Waals surface area contributed by atoms with Crippen molar-refractivity contribution in [1.82, 2.24) is 10.2 Å². The highest BCUT2D eigenvalue weighted by molar-refractivity contribution is 5.78. The fourth-order valence-corrected chi connectivity index (χ4v) is 3.23. The molecule has 2 aromatic rings. The van der Waals surface area contributed by atoms with E-state index in [1.54, 1.807) is 32.0 Å². The lowest BCUT2D eigenvalue weighted by Gasteiger charge is -2.22. The zero-order valence-electron chi connectivity index (χ0n) is 18.5. The van der Waals surface area contributed by atoms with Crippen molar-refractivity contribution in [1.29, 1.82) is 0 Å². The van der Waals surface area contributed by atoms with Crippen LogP contribution in [0.3, 0.4) is 0 Å². The van der Waals surface area contributed by atoms with Gasteiger partial charge >= 0.3 is 18.2 Å². The average Bonchev–Trinajstić information content (AvgIpc) is 2.73. The van der Waals surface area contributed by atoms with Crippen molar-refractivity contribution in [3.63, 3.8) is 0 Å². The maximum atomic E-state index is 13.4. The molecule has 0 saturated heterocycles. The second-order valence-corrected chi connectivity index (χ2v) is 7.08. The van der Waals surface area contributed by atoms with Crippen molar-refractivity contribution < 1.29 is 32.2 Å². The van der Waals surface area contributed by atoms with Gasteiger partial charge < -0.3 is 19.7 Å². The van der Waals surface area contributed by atoms with E-state index in [0.717, 1.165) is 12.1 Å². The molecule has 0 saturated carbocycles. The number of amides is 2. The SMILES string of the molecule is CCNC(=O)N(C)Cc1cc(C(F)(F)F)ccc1-c1cc(CC(=O)OCC)ccc1OC. The quantitative estimate of drug-likeness (QED) is 0.592. The summed E-state index contributed by atoms with van der Waals surface area (Å²) in [5, 5.41) is 2.62. The molecule has 0 radical (unpaired) electrons. The van der Waals surface area contributed by atoms with E-state index in [-0.39, 0.29) is 19.6 Å². The molecule has 0 spiro atoms. The fraction of sp³-hybridized carbons (Fsp3) is 0.391. The lowest BCUT2D eigenvalue weighted by Crippen LogP contribution is -2.36. The molecule has 9 heteroatoms. The summed E-state index contributed by atoms with van der Waals surface area (Å²) in [5.74, 6) is 0.0199. The number of nitrogens with one attached hydrogen (secondary N) is 1. The molecule has 0 atom stereocenters. The summed E-state index contributed by atoms with van der Waals surface area (Å²) >= 11 is 0. The molecule has 0 heterocycles. The number of nitrogens with zero attached hydrogens (tertiary/aromatic N) is 1. The minimum Gasteiger partial charge on any atom is -0.496 e. The molecule has 0 aromatic heterocycles. The van der Waals surface area contributed by atoms with E-state index >= 15 is 0 Å².